The molecule has 1 aromatic rings. The molecule has 3 nitrogen and oxygen atoms in total. The Morgan fingerprint density at radius 2 is 1.40 bits per heavy atom. The van der Waals surface area contributed by atoms with Crippen LogP contribution in [-0.4, -0.2) is 15.3 Å². The van der Waals surface area contributed by atoms with E-state index in [1.165, 1.54) is 18.2 Å². The van der Waals surface area contributed by atoms with Crippen LogP contribution in [0.5, 0.6) is 17.2 Å². The monoisotopic (exact) mass is 150 g/mol. The second-order valence-electron chi connectivity index (χ2n) is 1.64. The SMILES string of the molecule is Oc1cccc(O)c1O.[H-].[Na+]. The number of aromatic hydroxyl groups is 3. The van der Waals surface area contributed by atoms with Crippen molar-refractivity contribution < 1.29 is 46.3 Å². The van der Waals surface area contributed by atoms with Crippen LogP contribution in [0.25, 0.3) is 0 Å². The minimum absolute atomic E-state index is 0. The Labute approximate surface area is 81.7 Å². The van der Waals surface area contributed by atoms with E-state index >= 15 is 0 Å². The smallest absolute Gasteiger partial charge is 1.00 e. The molecule has 0 amide bonds. The summed E-state index contributed by atoms with van der Waals surface area (Å²) in [5.41, 5.74) is 0. The van der Waals surface area contributed by atoms with E-state index in [9.17, 15) is 0 Å². The Morgan fingerprint density at radius 3 is 1.70 bits per heavy atom. The number of phenols is 3. The number of benzene rings is 1. The third-order valence-corrected chi connectivity index (χ3v) is 0.993. The molecule has 0 aliphatic rings. The topological polar surface area (TPSA) is 60.7 Å². The molecular formula is C6H7NaO3. The predicted molar refractivity (Wildman–Crippen MR) is 32.5 cm³/mol. The van der Waals surface area contributed by atoms with Crippen LogP contribution in [0.4, 0.5) is 0 Å². The molecule has 0 atom stereocenters. The summed E-state index contributed by atoms with van der Waals surface area (Å²) in [7, 11) is 0. The Kier molecular flexibility index (Phi) is 3.57. The zero-order valence-corrected chi connectivity index (χ0v) is 7.57. The van der Waals surface area contributed by atoms with Crippen molar-refractivity contribution in [1.82, 2.24) is 0 Å². The van der Waals surface area contributed by atoms with Gasteiger partial charge in [-0.25, -0.2) is 0 Å². The van der Waals surface area contributed by atoms with Gasteiger partial charge in [-0.2, -0.15) is 0 Å². The molecule has 0 saturated heterocycles. The van der Waals surface area contributed by atoms with E-state index in [0.717, 1.165) is 0 Å². The van der Waals surface area contributed by atoms with Gasteiger partial charge in [0.05, 0.1) is 0 Å². The van der Waals surface area contributed by atoms with Crippen LogP contribution in [0, 0.1) is 0 Å². The molecule has 10 heavy (non-hydrogen) atoms. The minimum Gasteiger partial charge on any atom is -1.00 e. The Morgan fingerprint density at radius 1 is 1.00 bits per heavy atom. The van der Waals surface area contributed by atoms with Gasteiger partial charge >= 0.3 is 29.6 Å². The van der Waals surface area contributed by atoms with E-state index in [-0.39, 0.29) is 42.5 Å². The van der Waals surface area contributed by atoms with Crippen molar-refractivity contribution in [1.29, 1.82) is 0 Å². The summed E-state index contributed by atoms with van der Waals surface area (Å²) in [6.07, 6.45) is 0. The van der Waals surface area contributed by atoms with Crippen LogP contribution in [0.15, 0.2) is 18.2 Å². The standard InChI is InChI=1S/C6H6O3.Na.H/c7-4-2-1-3-5(8)6(4)9;;/h1-3,7-9H;;/q;+1;-1. The molecule has 0 heterocycles. The average Bonchev–Trinajstić information content (AvgIpc) is 1.83. The molecular weight excluding hydrogens is 143 g/mol. The quantitative estimate of drug-likeness (QED) is 0.294. The molecule has 0 radical (unpaired) electrons. The van der Waals surface area contributed by atoms with E-state index < -0.39 is 5.75 Å². The van der Waals surface area contributed by atoms with E-state index in [4.69, 9.17) is 15.3 Å². The largest absolute Gasteiger partial charge is 1.00 e. The second kappa shape index (κ2) is 3.71. The van der Waals surface area contributed by atoms with Crippen LogP contribution in [0.2, 0.25) is 0 Å². The zero-order chi connectivity index (χ0) is 6.85. The van der Waals surface area contributed by atoms with Crippen LogP contribution in [-0.2, 0) is 0 Å². The molecule has 4 heteroatoms. The summed E-state index contributed by atoms with van der Waals surface area (Å²) in [4.78, 5) is 0. The summed E-state index contributed by atoms with van der Waals surface area (Å²) in [6.45, 7) is 0. The molecule has 50 valence electrons. The first-order valence-corrected chi connectivity index (χ1v) is 2.41. The first kappa shape index (κ1) is 9.62. The first-order chi connectivity index (χ1) is 4.22. The van der Waals surface area contributed by atoms with Crippen LogP contribution >= 0.6 is 0 Å². The van der Waals surface area contributed by atoms with Gasteiger partial charge in [0, 0.05) is 0 Å². The van der Waals surface area contributed by atoms with Crippen molar-refractivity contribution in [2.45, 2.75) is 0 Å². The van der Waals surface area contributed by atoms with Gasteiger partial charge in [-0.05, 0) is 12.1 Å². The molecule has 0 spiro atoms. The number of hydrogen-bond donors (Lipinski definition) is 3. The summed E-state index contributed by atoms with van der Waals surface area (Å²) in [5.74, 6) is -1.09. The summed E-state index contributed by atoms with van der Waals surface area (Å²) >= 11 is 0. The number of rotatable bonds is 0. The Bertz CT molecular complexity index is 209. The molecule has 1 aromatic carbocycles. The van der Waals surface area contributed by atoms with Crippen molar-refractivity contribution in [2.75, 3.05) is 0 Å². The fourth-order valence-corrected chi connectivity index (χ4v) is 0.519. The van der Waals surface area contributed by atoms with Gasteiger partial charge in [-0.15, -0.1) is 0 Å². The fraction of sp³-hybridized carbons (Fsp3) is 0. The van der Waals surface area contributed by atoms with Gasteiger partial charge < -0.3 is 16.7 Å². The third-order valence-electron chi connectivity index (χ3n) is 0.993. The van der Waals surface area contributed by atoms with Gasteiger partial charge in [0.1, 0.15) is 0 Å². The van der Waals surface area contributed by atoms with Crippen molar-refractivity contribution in [2.24, 2.45) is 0 Å². The van der Waals surface area contributed by atoms with Gasteiger partial charge in [0.2, 0.25) is 0 Å². The average molecular weight is 150 g/mol. The molecule has 0 bridgehead atoms. The fourth-order valence-electron chi connectivity index (χ4n) is 0.519. The normalized spacial score (nSPS) is 8.40. The van der Waals surface area contributed by atoms with Crippen molar-refractivity contribution >= 4 is 0 Å². The van der Waals surface area contributed by atoms with Gasteiger partial charge in [-0.3, -0.25) is 0 Å². The molecule has 0 aliphatic heterocycles. The third kappa shape index (κ3) is 1.80. The van der Waals surface area contributed by atoms with E-state index in [2.05, 4.69) is 0 Å². The molecule has 0 aliphatic carbocycles. The summed E-state index contributed by atoms with van der Waals surface area (Å²) in [5, 5.41) is 26.1. The molecule has 3 N–H and O–H groups in total. The molecule has 0 saturated carbocycles. The van der Waals surface area contributed by atoms with Crippen LogP contribution < -0.4 is 29.6 Å². The van der Waals surface area contributed by atoms with E-state index in [0.29, 0.717) is 0 Å². The zero-order valence-electron chi connectivity index (χ0n) is 6.57. The van der Waals surface area contributed by atoms with Gasteiger partial charge in [0.15, 0.2) is 17.2 Å². The van der Waals surface area contributed by atoms with Crippen molar-refractivity contribution in [3.05, 3.63) is 18.2 Å². The van der Waals surface area contributed by atoms with Crippen molar-refractivity contribution in [3.63, 3.8) is 0 Å². The summed E-state index contributed by atoms with van der Waals surface area (Å²) in [6, 6.07) is 4.01. The van der Waals surface area contributed by atoms with Gasteiger partial charge in [-0.1, -0.05) is 6.07 Å². The van der Waals surface area contributed by atoms with Crippen LogP contribution in [0.1, 0.15) is 1.43 Å². The maximum Gasteiger partial charge on any atom is 1.00 e. The predicted octanol–water partition coefficient (Wildman–Crippen LogP) is -2.08. The molecule has 0 fully saturated rings. The van der Waals surface area contributed by atoms with Crippen LogP contribution in [0.3, 0.4) is 0 Å². The Balaban J connectivity index is 0. The molecule has 0 aromatic heterocycles. The second-order valence-corrected chi connectivity index (χ2v) is 1.64. The van der Waals surface area contributed by atoms with E-state index in [1.54, 1.807) is 0 Å². The van der Waals surface area contributed by atoms with E-state index in [1.807, 2.05) is 0 Å². The summed E-state index contributed by atoms with van der Waals surface area (Å²) < 4.78 is 0. The molecule has 1 rings (SSSR count). The van der Waals surface area contributed by atoms with Gasteiger partial charge in [0.25, 0.3) is 0 Å². The van der Waals surface area contributed by atoms with Crippen molar-refractivity contribution in [3.8, 4) is 17.2 Å². The maximum atomic E-state index is 8.71. The minimum atomic E-state index is -0.475. The number of hydrogen-bond acceptors (Lipinski definition) is 3. The maximum absolute atomic E-state index is 8.71. The molecule has 0 unspecified atom stereocenters. The first-order valence-electron chi connectivity index (χ1n) is 2.41. The Hall–Kier alpha value is -0.380. The number of phenolic OH excluding ortho intramolecular Hbond substituents is 3. The number of para-hydroxylation sites is 1.